The Morgan fingerprint density at radius 1 is 1.55 bits per heavy atom. The second-order valence-electron chi connectivity index (χ2n) is 5.53. The molecule has 2 fully saturated rings. The normalized spacial score (nSPS) is 20.9. The van der Waals surface area contributed by atoms with E-state index in [1.165, 1.54) is 6.42 Å². The highest BCUT2D eigenvalue weighted by Gasteiger charge is 2.46. The van der Waals surface area contributed by atoms with E-state index in [-0.39, 0.29) is 24.7 Å². The number of ether oxygens (including phenoxy) is 2. The molecular formula is C14H20N2O4. The maximum absolute atomic E-state index is 12.3. The van der Waals surface area contributed by atoms with Crippen LogP contribution in [-0.2, 0) is 20.9 Å². The largest absolute Gasteiger partial charge is 0.443 e. The summed E-state index contributed by atoms with van der Waals surface area (Å²) in [5.41, 5.74) is -0.0573. The number of oxazole rings is 1. The molecule has 1 aliphatic heterocycles. The van der Waals surface area contributed by atoms with Gasteiger partial charge in [-0.25, -0.2) is 4.98 Å². The average Bonchev–Trinajstić information content (AvgIpc) is 2.82. The summed E-state index contributed by atoms with van der Waals surface area (Å²) >= 11 is 0. The molecule has 0 atom stereocenters. The van der Waals surface area contributed by atoms with Gasteiger partial charge < -0.3 is 18.8 Å². The van der Waals surface area contributed by atoms with Crippen molar-refractivity contribution in [2.75, 3.05) is 26.4 Å². The summed E-state index contributed by atoms with van der Waals surface area (Å²) in [5, 5.41) is 0. The van der Waals surface area contributed by atoms with Gasteiger partial charge in [0.25, 0.3) is 0 Å². The lowest BCUT2D eigenvalue weighted by molar-refractivity contribution is -0.163. The van der Waals surface area contributed by atoms with Crippen LogP contribution < -0.4 is 0 Å². The first kappa shape index (κ1) is 13.6. The van der Waals surface area contributed by atoms with E-state index >= 15 is 0 Å². The fourth-order valence-corrected chi connectivity index (χ4v) is 2.89. The van der Waals surface area contributed by atoms with Gasteiger partial charge in [-0.2, -0.15) is 0 Å². The van der Waals surface area contributed by atoms with Crippen LogP contribution in [-0.4, -0.2) is 47.7 Å². The second kappa shape index (κ2) is 5.54. The van der Waals surface area contributed by atoms with Crippen LogP contribution in [0, 0.1) is 6.92 Å². The molecule has 6 nitrogen and oxygen atoms in total. The highest BCUT2D eigenvalue weighted by atomic mass is 16.5. The topological polar surface area (TPSA) is 64.8 Å². The van der Waals surface area contributed by atoms with Crippen molar-refractivity contribution >= 4 is 5.91 Å². The molecular weight excluding hydrogens is 260 g/mol. The van der Waals surface area contributed by atoms with Crippen molar-refractivity contribution in [1.82, 2.24) is 9.88 Å². The first-order valence-corrected chi connectivity index (χ1v) is 7.07. The third-order valence-electron chi connectivity index (χ3n) is 4.11. The van der Waals surface area contributed by atoms with Gasteiger partial charge in [-0.05, 0) is 26.2 Å². The van der Waals surface area contributed by atoms with E-state index in [0.29, 0.717) is 25.6 Å². The Balaban J connectivity index is 1.50. The number of carbonyl (C=O) groups excluding carboxylic acids is 1. The molecule has 1 amide bonds. The van der Waals surface area contributed by atoms with Crippen molar-refractivity contribution in [2.24, 2.45) is 0 Å². The van der Waals surface area contributed by atoms with E-state index in [1.807, 2.05) is 11.8 Å². The van der Waals surface area contributed by atoms with Crippen molar-refractivity contribution in [1.29, 1.82) is 0 Å². The molecule has 3 rings (SSSR count). The van der Waals surface area contributed by atoms with E-state index in [4.69, 9.17) is 13.9 Å². The number of hydrogen-bond acceptors (Lipinski definition) is 5. The van der Waals surface area contributed by atoms with Gasteiger partial charge in [-0.15, -0.1) is 0 Å². The minimum atomic E-state index is -0.0573. The molecule has 0 bridgehead atoms. The molecule has 1 saturated carbocycles. The lowest BCUT2D eigenvalue weighted by Gasteiger charge is -2.52. The van der Waals surface area contributed by atoms with Crippen LogP contribution in [0.5, 0.6) is 0 Å². The molecule has 2 aliphatic rings. The average molecular weight is 280 g/mol. The zero-order chi connectivity index (χ0) is 14.0. The second-order valence-corrected chi connectivity index (χ2v) is 5.53. The van der Waals surface area contributed by atoms with Crippen LogP contribution in [0.1, 0.15) is 30.9 Å². The third-order valence-corrected chi connectivity index (χ3v) is 4.11. The summed E-state index contributed by atoms with van der Waals surface area (Å²) in [5.74, 6) is 1.29. The summed E-state index contributed by atoms with van der Waals surface area (Å²) in [6, 6.07) is 0. The maximum Gasteiger partial charge on any atom is 0.249 e. The highest BCUT2D eigenvalue weighted by molar-refractivity contribution is 5.78. The minimum Gasteiger partial charge on any atom is -0.443 e. The van der Waals surface area contributed by atoms with Crippen LogP contribution in [0.4, 0.5) is 0 Å². The number of carbonyl (C=O) groups is 1. The predicted molar refractivity (Wildman–Crippen MR) is 70.0 cm³/mol. The fraction of sp³-hybridized carbons (Fsp3) is 0.714. The molecule has 1 spiro atoms. The molecule has 2 heterocycles. The number of nitrogens with zero attached hydrogens (tertiary/aromatic N) is 2. The summed E-state index contributed by atoms with van der Waals surface area (Å²) in [6.45, 7) is 4.08. The molecule has 0 unspecified atom stereocenters. The molecule has 6 heteroatoms. The quantitative estimate of drug-likeness (QED) is 0.831. The van der Waals surface area contributed by atoms with Gasteiger partial charge in [0.1, 0.15) is 19.0 Å². The fourth-order valence-electron chi connectivity index (χ4n) is 2.89. The Morgan fingerprint density at radius 2 is 2.40 bits per heavy atom. The number of aromatic nitrogens is 1. The Kier molecular flexibility index (Phi) is 3.76. The van der Waals surface area contributed by atoms with Crippen LogP contribution in [0.2, 0.25) is 0 Å². The van der Waals surface area contributed by atoms with Crippen LogP contribution >= 0.6 is 0 Å². The van der Waals surface area contributed by atoms with Gasteiger partial charge in [0.2, 0.25) is 11.8 Å². The molecule has 1 aromatic rings. The summed E-state index contributed by atoms with van der Waals surface area (Å²) in [7, 11) is 0. The third kappa shape index (κ3) is 2.58. The number of aryl methyl sites for hydroxylation is 1. The number of rotatable bonds is 4. The smallest absolute Gasteiger partial charge is 0.249 e. The van der Waals surface area contributed by atoms with Gasteiger partial charge in [0, 0.05) is 6.54 Å². The van der Waals surface area contributed by atoms with E-state index < -0.39 is 0 Å². The van der Waals surface area contributed by atoms with Crippen molar-refractivity contribution in [3.8, 4) is 0 Å². The van der Waals surface area contributed by atoms with Gasteiger partial charge in [-0.1, -0.05) is 0 Å². The van der Waals surface area contributed by atoms with Gasteiger partial charge >= 0.3 is 0 Å². The Morgan fingerprint density at radius 3 is 3.05 bits per heavy atom. The molecule has 0 N–H and O–H groups in total. The number of hydrogen-bond donors (Lipinski definition) is 0. The van der Waals surface area contributed by atoms with Crippen LogP contribution in [0.3, 0.4) is 0 Å². The first-order chi connectivity index (χ1) is 9.70. The highest BCUT2D eigenvalue weighted by Crippen LogP contribution is 2.39. The van der Waals surface area contributed by atoms with E-state index in [2.05, 4.69) is 4.98 Å². The molecule has 1 aliphatic carbocycles. The molecule has 110 valence electrons. The van der Waals surface area contributed by atoms with Gasteiger partial charge in [0.05, 0.1) is 24.9 Å². The lowest BCUT2D eigenvalue weighted by atomic mass is 9.75. The number of amides is 1. The first-order valence-electron chi connectivity index (χ1n) is 7.07. The molecule has 20 heavy (non-hydrogen) atoms. The molecule has 0 aromatic carbocycles. The van der Waals surface area contributed by atoms with Crippen LogP contribution in [0.15, 0.2) is 10.6 Å². The van der Waals surface area contributed by atoms with Gasteiger partial charge in [-0.3, -0.25) is 4.79 Å². The van der Waals surface area contributed by atoms with Crippen molar-refractivity contribution in [2.45, 2.75) is 38.3 Å². The summed E-state index contributed by atoms with van der Waals surface area (Å²) in [4.78, 5) is 18.3. The monoisotopic (exact) mass is 280 g/mol. The standard InChI is InChI=1S/C14H20N2O4/c1-11-7-15-12(20-11)8-19-9-13(17)16-5-6-18-10-14(16)3-2-4-14/h7H,2-6,8-10H2,1H3. The summed E-state index contributed by atoms with van der Waals surface area (Å²) < 4.78 is 16.2. The maximum atomic E-state index is 12.3. The molecule has 1 saturated heterocycles. The summed E-state index contributed by atoms with van der Waals surface area (Å²) in [6.07, 6.45) is 4.89. The predicted octanol–water partition coefficient (Wildman–Crippen LogP) is 1.28. The SMILES string of the molecule is Cc1cnc(COCC(=O)N2CCOCC23CCC3)o1. The number of morpholine rings is 1. The Bertz CT molecular complexity index is 481. The lowest BCUT2D eigenvalue weighted by Crippen LogP contribution is -2.63. The molecule has 1 aromatic heterocycles. The van der Waals surface area contributed by atoms with E-state index in [9.17, 15) is 4.79 Å². The molecule has 0 radical (unpaired) electrons. The Labute approximate surface area is 118 Å². The van der Waals surface area contributed by atoms with Crippen molar-refractivity contribution in [3.05, 3.63) is 17.8 Å². The van der Waals surface area contributed by atoms with E-state index in [1.54, 1.807) is 6.20 Å². The minimum absolute atomic E-state index is 0.0382. The Hall–Kier alpha value is -1.40. The van der Waals surface area contributed by atoms with Crippen molar-refractivity contribution < 1.29 is 18.7 Å². The van der Waals surface area contributed by atoms with Crippen LogP contribution in [0.25, 0.3) is 0 Å². The van der Waals surface area contributed by atoms with Crippen molar-refractivity contribution in [3.63, 3.8) is 0 Å². The zero-order valence-corrected chi connectivity index (χ0v) is 11.8. The zero-order valence-electron chi connectivity index (χ0n) is 11.8. The van der Waals surface area contributed by atoms with E-state index in [0.717, 1.165) is 18.6 Å². The van der Waals surface area contributed by atoms with Gasteiger partial charge in [0.15, 0.2) is 0 Å².